The largest absolute Gasteiger partial charge is 0.504 e. The molecule has 170 valence electrons. The number of hydrogen-bond donors (Lipinski definition) is 1. The standard InChI is InChI=1S/C26H20ClN3O3S/c1-33-23-13-16(7-12-22(23)31)14-24-25(28-26(32)34-24)30-21(18-8-10-19(27)11-9-18)15-20(29-30)17-5-3-2-4-6-17/h2-14,21,31H,15H2,1H3/b24-14-/t21-/m1/s1. The van der Waals surface area contributed by atoms with Crippen LogP contribution >= 0.6 is 23.4 Å². The molecular formula is C26H20ClN3O3S. The number of benzene rings is 3. The summed E-state index contributed by atoms with van der Waals surface area (Å²) < 4.78 is 5.22. The first-order valence-corrected chi connectivity index (χ1v) is 11.8. The fourth-order valence-corrected chi connectivity index (χ4v) is 4.82. The van der Waals surface area contributed by atoms with E-state index in [2.05, 4.69) is 4.99 Å². The van der Waals surface area contributed by atoms with Gasteiger partial charge in [0.25, 0.3) is 0 Å². The number of thioether (sulfide) groups is 1. The number of rotatable bonds is 4. The molecule has 6 nitrogen and oxygen atoms in total. The number of halogens is 1. The van der Waals surface area contributed by atoms with E-state index < -0.39 is 0 Å². The minimum Gasteiger partial charge on any atom is -0.504 e. The van der Waals surface area contributed by atoms with Crippen molar-refractivity contribution in [2.45, 2.75) is 12.5 Å². The average molecular weight is 490 g/mol. The van der Waals surface area contributed by atoms with Gasteiger partial charge in [-0.05, 0) is 58.8 Å². The number of carbonyl (C=O) groups is 1. The smallest absolute Gasteiger partial charge is 0.311 e. The van der Waals surface area contributed by atoms with Crippen LogP contribution in [0, 0.1) is 0 Å². The highest BCUT2D eigenvalue weighted by atomic mass is 35.5. The SMILES string of the molecule is COc1cc(/C=C2\SC(=O)N=C2N2N=C(c3ccccc3)C[C@@H]2c2ccc(Cl)cc2)ccc1O. The minimum atomic E-state index is -0.301. The van der Waals surface area contributed by atoms with Crippen molar-refractivity contribution in [2.75, 3.05) is 7.11 Å². The van der Waals surface area contributed by atoms with Crippen LogP contribution in [-0.2, 0) is 0 Å². The highest BCUT2D eigenvalue weighted by Crippen LogP contribution is 2.40. The van der Waals surface area contributed by atoms with Crippen LogP contribution in [0.1, 0.15) is 29.2 Å². The van der Waals surface area contributed by atoms with Crippen molar-refractivity contribution in [1.82, 2.24) is 5.01 Å². The molecule has 0 spiro atoms. The number of methoxy groups -OCH3 is 1. The third-order valence-electron chi connectivity index (χ3n) is 5.61. The van der Waals surface area contributed by atoms with Gasteiger partial charge in [-0.15, -0.1) is 0 Å². The molecule has 1 atom stereocenters. The maximum Gasteiger partial charge on any atom is 0.311 e. The van der Waals surface area contributed by atoms with Gasteiger partial charge in [-0.3, -0.25) is 4.79 Å². The van der Waals surface area contributed by atoms with E-state index in [1.165, 1.54) is 7.11 Å². The molecule has 8 heteroatoms. The molecule has 3 aromatic rings. The topological polar surface area (TPSA) is 74.5 Å². The Labute approximate surface area is 206 Å². The second-order valence-electron chi connectivity index (χ2n) is 7.77. The maximum absolute atomic E-state index is 12.4. The van der Waals surface area contributed by atoms with Gasteiger partial charge in [0, 0.05) is 11.4 Å². The zero-order valence-corrected chi connectivity index (χ0v) is 19.8. The summed E-state index contributed by atoms with van der Waals surface area (Å²) in [7, 11) is 1.49. The van der Waals surface area contributed by atoms with Gasteiger partial charge in [0.15, 0.2) is 17.3 Å². The summed E-state index contributed by atoms with van der Waals surface area (Å²) in [5.41, 5.74) is 3.74. The number of nitrogens with zero attached hydrogens (tertiary/aromatic N) is 3. The number of hydrogen-bond acceptors (Lipinski definition) is 6. The summed E-state index contributed by atoms with van der Waals surface area (Å²) in [5.74, 6) is 0.896. The van der Waals surface area contributed by atoms with E-state index in [0.29, 0.717) is 27.9 Å². The van der Waals surface area contributed by atoms with Crippen LogP contribution in [-0.4, -0.2) is 34.0 Å². The van der Waals surface area contributed by atoms with Crippen LogP contribution in [0.25, 0.3) is 6.08 Å². The number of amides is 1. The molecule has 2 aliphatic heterocycles. The molecule has 0 saturated carbocycles. The Morgan fingerprint density at radius 2 is 1.88 bits per heavy atom. The van der Waals surface area contributed by atoms with Gasteiger partial charge in [0.05, 0.1) is 23.8 Å². The highest BCUT2D eigenvalue weighted by Gasteiger charge is 2.36. The van der Waals surface area contributed by atoms with Crippen molar-refractivity contribution >= 4 is 46.2 Å². The Morgan fingerprint density at radius 3 is 2.62 bits per heavy atom. The van der Waals surface area contributed by atoms with Gasteiger partial charge in [-0.1, -0.05) is 60.1 Å². The van der Waals surface area contributed by atoms with E-state index in [-0.39, 0.29) is 17.0 Å². The first-order valence-electron chi connectivity index (χ1n) is 10.6. The first kappa shape index (κ1) is 22.3. The molecule has 2 aliphatic rings. The van der Waals surface area contributed by atoms with Crippen molar-refractivity contribution < 1.29 is 14.6 Å². The lowest BCUT2D eigenvalue weighted by Crippen LogP contribution is -2.26. The molecule has 34 heavy (non-hydrogen) atoms. The fourth-order valence-electron chi connectivity index (χ4n) is 3.95. The van der Waals surface area contributed by atoms with Crippen LogP contribution in [0.15, 0.2) is 87.8 Å². The quantitative estimate of drug-likeness (QED) is 0.452. The Hall–Kier alpha value is -3.55. The van der Waals surface area contributed by atoms with Gasteiger partial charge in [-0.25, -0.2) is 5.01 Å². The van der Waals surface area contributed by atoms with Gasteiger partial charge in [-0.2, -0.15) is 10.1 Å². The van der Waals surface area contributed by atoms with Gasteiger partial charge in [0.2, 0.25) is 0 Å². The monoisotopic (exact) mass is 489 g/mol. The van der Waals surface area contributed by atoms with Gasteiger partial charge >= 0.3 is 5.24 Å². The van der Waals surface area contributed by atoms with Crippen LogP contribution in [0.5, 0.6) is 11.5 Å². The number of carbonyl (C=O) groups excluding carboxylic acids is 1. The minimum absolute atomic E-state index is 0.0492. The summed E-state index contributed by atoms with van der Waals surface area (Å²) in [6.45, 7) is 0. The molecular weight excluding hydrogens is 470 g/mol. The number of phenols is 1. The molecule has 5 rings (SSSR count). The molecule has 1 N–H and O–H groups in total. The predicted octanol–water partition coefficient (Wildman–Crippen LogP) is 6.51. The van der Waals surface area contributed by atoms with Crippen molar-refractivity contribution in [1.29, 1.82) is 0 Å². The normalized spacial score (nSPS) is 18.9. The van der Waals surface area contributed by atoms with Crippen molar-refractivity contribution in [3.8, 4) is 11.5 Å². The van der Waals surface area contributed by atoms with Gasteiger partial charge < -0.3 is 9.84 Å². The number of aliphatic imine (C=N–C) groups is 1. The number of amidine groups is 1. The maximum atomic E-state index is 12.4. The summed E-state index contributed by atoms with van der Waals surface area (Å²) in [6, 6.07) is 22.5. The van der Waals surface area contributed by atoms with Crippen molar-refractivity contribution in [3.63, 3.8) is 0 Å². The molecule has 0 fully saturated rings. The Bertz CT molecular complexity index is 1340. The number of ether oxygens (including phenoxy) is 1. The third kappa shape index (κ3) is 4.44. The van der Waals surface area contributed by atoms with E-state index in [1.54, 1.807) is 18.2 Å². The van der Waals surface area contributed by atoms with Crippen molar-refractivity contribution in [3.05, 3.63) is 99.4 Å². The number of hydrazone groups is 1. The Morgan fingerprint density at radius 1 is 1.12 bits per heavy atom. The lowest BCUT2D eigenvalue weighted by atomic mass is 9.98. The fraction of sp³-hybridized carbons (Fsp3) is 0.115. The third-order valence-corrected chi connectivity index (χ3v) is 6.64. The van der Waals surface area contributed by atoms with E-state index >= 15 is 0 Å². The zero-order chi connectivity index (χ0) is 23.7. The average Bonchev–Trinajstić information content (AvgIpc) is 3.45. The molecule has 0 unspecified atom stereocenters. The number of phenolic OH excluding ortho intramolecular Hbond substituents is 1. The van der Waals surface area contributed by atoms with E-state index in [9.17, 15) is 9.90 Å². The summed E-state index contributed by atoms with van der Waals surface area (Å²) in [4.78, 5) is 17.4. The molecule has 0 bridgehead atoms. The lowest BCUT2D eigenvalue weighted by molar-refractivity contribution is 0.267. The molecule has 2 heterocycles. The Balaban J connectivity index is 1.56. The molecule has 0 aliphatic carbocycles. The van der Waals surface area contributed by atoms with E-state index in [1.807, 2.05) is 65.7 Å². The second-order valence-corrected chi connectivity index (χ2v) is 9.20. The molecule has 1 amide bonds. The van der Waals surface area contributed by atoms with Crippen molar-refractivity contribution in [2.24, 2.45) is 10.1 Å². The predicted molar refractivity (Wildman–Crippen MR) is 137 cm³/mol. The number of aromatic hydroxyl groups is 1. The van der Waals surface area contributed by atoms with Gasteiger partial charge in [0.1, 0.15) is 0 Å². The second kappa shape index (κ2) is 9.37. The molecule has 3 aromatic carbocycles. The highest BCUT2D eigenvalue weighted by molar-refractivity contribution is 8.18. The first-order chi connectivity index (χ1) is 16.5. The Kier molecular flexibility index (Phi) is 6.13. The van der Waals surface area contributed by atoms with Crippen LogP contribution in [0.3, 0.4) is 0 Å². The van der Waals surface area contributed by atoms with Crippen LogP contribution < -0.4 is 4.74 Å². The molecule has 0 radical (unpaired) electrons. The molecule has 0 aromatic heterocycles. The van der Waals surface area contributed by atoms with E-state index in [4.69, 9.17) is 21.4 Å². The zero-order valence-electron chi connectivity index (χ0n) is 18.2. The van der Waals surface area contributed by atoms with Crippen LogP contribution in [0.4, 0.5) is 4.79 Å². The summed E-state index contributed by atoms with van der Waals surface area (Å²) in [5, 5.41) is 17.0. The lowest BCUT2D eigenvalue weighted by Gasteiger charge is -2.24. The summed E-state index contributed by atoms with van der Waals surface area (Å²) in [6.07, 6.45) is 2.51. The summed E-state index contributed by atoms with van der Waals surface area (Å²) >= 11 is 7.18. The van der Waals surface area contributed by atoms with Crippen LogP contribution in [0.2, 0.25) is 5.02 Å². The van der Waals surface area contributed by atoms with E-state index in [0.717, 1.165) is 34.2 Å². The molecule has 0 saturated heterocycles.